The van der Waals surface area contributed by atoms with Crippen molar-refractivity contribution in [1.82, 2.24) is 0 Å². The second kappa shape index (κ2) is 12.9. The summed E-state index contributed by atoms with van der Waals surface area (Å²) in [4.78, 5) is 12.4. The molecule has 3 aromatic carbocycles. The highest BCUT2D eigenvalue weighted by Gasteiger charge is 2.31. The number of benzene rings is 3. The van der Waals surface area contributed by atoms with Gasteiger partial charge in [0, 0.05) is 16.7 Å². The average molecular weight is 549 g/mol. The molecule has 1 aliphatic rings. The van der Waals surface area contributed by atoms with Gasteiger partial charge < -0.3 is 29.4 Å². The Kier molecular flexibility index (Phi) is 9.18. The molecular formula is C30H29ClN2O6. The topological polar surface area (TPSA) is 113 Å². The molecule has 0 bridgehead atoms. The SMILES string of the molecule is CCCCCOc1ccc(C2C(C#N)=C(N)Oc3cc(OC(=O)COc4cccc(Cl)c4)ccc32)cc1OC. The van der Waals surface area contributed by atoms with Crippen LogP contribution in [0.15, 0.2) is 72.1 Å². The molecule has 39 heavy (non-hydrogen) atoms. The number of esters is 1. The lowest BCUT2D eigenvalue weighted by atomic mass is 9.83. The van der Waals surface area contributed by atoms with E-state index in [2.05, 4.69) is 13.0 Å². The van der Waals surface area contributed by atoms with E-state index >= 15 is 0 Å². The standard InChI is InChI=1S/C30H29ClN2O6/c1-3-4-5-13-36-25-12-9-19(14-27(25)35-2)29-23-11-10-22(16-26(23)39-30(33)24(29)17-32)38-28(34)18-37-21-8-6-7-20(31)15-21/h6-12,14-16,29H,3-5,13,18,33H2,1-2H3. The molecular weight excluding hydrogens is 520 g/mol. The largest absolute Gasteiger partial charge is 0.493 e. The van der Waals surface area contributed by atoms with Crippen LogP contribution >= 0.6 is 11.6 Å². The molecule has 3 aromatic rings. The number of allylic oxidation sites excluding steroid dienone is 1. The molecule has 1 unspecified atom stereocenters. The summed E-state index contributed by atoms with van der Waals surface area (Å²) in [7, 11) is 1.57. The number of methoxy groups -OCH3 is 1. The monoisotopic (exact) mass is 548 g/mol. The van der Waals surface area contributed by atoms with Gasteiger partial charge >= 0.3 is 5.97 Å². The summed E-state index contributed by atoms with van der Waals surface area (Å²) in [5.74, 6) is 1.10. The van der Waals surface area contributed by atoms with Crippen LogP contribution in [-0.2, 0) is 4.79 Å². The third kappa shape index (κ3) is 6.75. The van der Waals surface area contributed by atoms with Crippen molar-refractivity contribution in [3.63, 3.8) is 0 Å². The van der Waals surface area contributed by atoms with Gasteiger partial charge in [-0.25, -0.2) is 4.79 Å². The highest BCUT2D eigenvalue weighted by atomic mass is 35.5. The van der Waals surface area contributed by atoms with Crippen LogP contribution in [0.25, 0.3) is 0 Å². The molecule has 0 spiro atoms. The van der Waals surface area contributed by atoms with E-state index in [9.17, 15) is 10.1 Å². The number of carbonyl (C=O) groups excluding carboxylic acids is 1. The van der Waals surface area contributed by atoms with E-state index in [4.69, 9.17) is 41.0 Å². The Morgan fingerprint density at radius 2 is 1.90 bits per heavy atom. The quantitative estimate of drug-likeness (QED) is 0.173. The lowest BCUT2D eigenvalue weighted by Gasteiger charge is -2.27. The van der Waals surface area contributed by atoms with Crippen molar-refractivity contribution in [3.05, 3.63) is 88.3 Å². The van der Waals surface area contributed by atoms with Crippen molar-refractivity contribution in [3.8, 4) is 34.8 Å². The minimum absolute atomic E-state index is 0.0263. The zero-order chi connectivity index (χ0) is 27.8. The summed E-state index contributed by atoms with van der Waals surface area (Å²) in [6.07, 6.45) is 3.14. The molecule has 4 rings (SSSR count). The summed E-state index contributed by atoms with van der Waals surface area (Å²) in [6.45, 7) is 2.41. The second-order valence-electron chi connectivity index (χ2n) is 8.81. The number of hydrogen-bond acceptors (Lipinski definition) is 8. The molecule has 2 N–H and O–H groups in total. The molecule has 0 radical (unpaired) electrons. The van der Waals surface area contributed by atoms with Crippen LogP contribution in [0.1, 0.15) is 43.2 Å². The number of fused-ring (bicyclic) bond motifs is 1. The molecule has 0 fully saturated rings. The minimum atomic E-state index is -0.609. The zero-order valence-electron chi connectivity index (χ0n) is 21.7. The van der Waals surface area contributed by atoms with Gasteiger partial charge in [-0.15, -0.1) is 0 Å². The van der Waals surface area contributed by atoms with Gasteiger partial charge in [0.05, 0.1) is 19.6 Å². The molecule has 0 aliphatic carbocycles. The summed E-state index contributed by atoms with van der Waals surface area (Å²) >= 11 is 5.94. The van der Waals surface area contributed by atoms with Crippen LogP contribution in [0.2, 0.25) is 5.02 Å². The van der Waals surface area contributed by atoms with Crippen LogP contribution in [0.3, 0.4) is 0 Å². The van der Waals surface area contributed by atoms with Crippen LogP contribution in [0.5, 0.6) is 28.7 Å². The predicted molar refractivity (Wildman–Crippen MR) is 146 cm³/mol. The summed E-state index contributed by atoms with van der Waals surface area (Å²) in [5.41, 5.74) is 7.87. The third-order valence-corrected chi connectivity index (χ3v) is 6.34. The van der Waals surface area contributed by atoms with Gasteiger partial charge in [0.2, 0.25) is 5.88 Å². The molecule has 1 heterocycles. The van der Waals surface area contributed by atoms with Crippen LogP contribution in [0, 0.1) is 11.3 Å². The first kappa shape index (κ1) is 27.7. The third-order valence-electron chi connectivity index (χ3n) is 6.10. The summed E-state index contributed by atoms with van der Waals surface area (Å²) in [5, 5.41) is 10.4. The first-order valence-corrected chi connectivity index (χ1v) is 12.9. The smallest absolute Gasteiger partial charge is 0.349 e. The lowest BCUT2D eigenvalue weighted by Crippen LogP contribution is -2.22. The van der Waals surface area contributed by atoms with Crippen molar-refractivity contribution in [2.45, 2.75) is 32.1 Å². The van der Waals surface area contributed by atoms with Crippen LogP contribution in [0.4, 0.5) is 0 Å². The van der Waals surface area contributed by atoms with Crippen molar-refractivity contribution < 1.29 is 28.5 Å². The number of unbranched alkanes of at least 4 members (excludes halogenated alkanes) is 2. The van der Waals surface area contributed by atoms with Gasteiger partial charge in [0.15, 0.2) is 18.1 Å². The molecule has 1 aliphatic heterocycles. The molecule has 202 valence electrons. The number of halogens is 1. The normalized spacial score (nSPS) is 14.1. The number of hydrogen-bond donors (Lipinski definition) is 1. The van der Waals surface area contributed by atoms with E-state index in [1.807, 2.05) is 18.2 Å². The fourth-order valence-corrected chi connectivity index (χ4v) is 4.40. The van der Waals surface area contributed by atoms with Crippen molar-refractivity contribution >= 4 is 17.6 Å². The van der Waals surface area contributed by atoms with Crippen molar-refractivity contribution in [2.24, 2.45) is 5.73 Å². The van der Waals surface area contributed by atoms with E-state index in [0.29, 0.717) is 40.2 Å². The fourth-order valence-electron chi connectivity index (χ4n) is 4.22. The zero-order valence-corrected chi connectivity index (χ0v) is 22.5. The molecule has 0 saturated heterocycles. The lowest BCUT2D eigenvalue weighted by molar-refractivity contribution is -0.136. The fraction of sp³-hybridized carbons (Fsp3) is 0.267. The average Bonchev–Trinajstić information content (AvgIpc) is 2.93. The Morgan fingerprint density at radius 1 is 1.05 bits per heavy atom. The molecule has 8 nitrogen and oxygen atoms in total. The number of nitrogens with zero attached hydrogens (tertiary/aromatic N) is 1. The van der Waals surface area contributed by atoms with Gasteiger partial charge in [-0.05, 0) is 48.4 Å². The van der Waals surface area contributed by atoms with E-state index in [1.165, 1.54) is 0 Å². The summed E-state index contributed by atoms with van der Waals surface area (Å²) in [6, 6.07) is 19.4. The number of nitriles is 1. The first-order valence-electron chi connectivity index (χ1n) is 12.5. The van der Waals surface area contributed by atoms with Gasteiger partial charge in [0.1, 0.15) is 28.9 Å². The summed E-state index contributed by atoms with van der Waals surface area (Å²) < 4.78 is 28.1. The number of rotatable bonds is 11. The highest BCUT2D eigenvalue weighted by molar-refractivity contribution is 6.30. The molecule has 0 amide bonds. The Hall–Kier alpha value is -4.35. The van der Waals surface area contributed by atoms with Crippen LogP contribution in [-0.4, -0.2) is 26.3 Å². The molecule has 0 aromatic heterocycles. The van der Waals surface area contributed by atoms with E-state index in [0.717, 1.165) is 24.8 Å². The Bertz CT molecular complexity index is 1410. The van der Waals surface area contributed by atoms with E-state index in [-0.39, 0.29) is 23.8 Å². The first-order chi connectivity index (χ1) is 18.9. The maximum atomic E-state index is 12.4. The van der Waals surface area contributed by atoms with Gasteiger partial charge in [-0.2, -0.15) is 5.26 Å². The predicted octanol–water partition coefficient (Wildman–Crippen LogP) is 6.12. The van der Waals surface area contributed by atoms with Crippen LogP contribution < -0.4 is 29.4 Å². The minimum Gasteiger partial charge on any atom is -0.493 e. The van der Waals surface area contributed by atoms with Gasteiger partial charge in [0.25, 0.3) is 0 Å². The molecule has 0 saturated carbocycles. The maximum absolute atomic E-state index is 12.4. The van der Waals surface area contributed by atoms with Gasteiger partial charge in [-0.3, -0.25) is 0 Å². The van der Waals surface area contributed by atoms with Crippen molar-refractivity contribution in [2.75, 3.05) is 20.3 Å². The Morgan fingerprint density at radius 3 is 2.64 bits per heavy atom. The number of ether oxygens (including phenoxy) is 5. The van der Waals surface area contributed by atoms with E-state index < -0.39 is 11.9 Å². The molecule has 9 heteroatoms. The second-order valence-corrected chi connectivity index (χ2v) is 9.25. The van der Waals surface area contributed by atoms with Gasteiger partial charge in [-0.1, -0.05) is 49.6 Å². The number of nitrogens with two attached hydrogens (primary N) is 1. The maximum Gasteiger partial charge on any atom is 0.349 e. The Labute approximate surface area is 232 Å². The van der Waals surface area contributed by atoms with E-state index in [1.54, 1.807) is 49.6 Å². The van der Waals surface area contributed by atoms with Crippen molar-refractivity contribution in [1.29, 1.82) is 5.26 Å². The highest BCUT2D eigenvalue weighted by Crippen LogP contribution is 2.45. The molecule has 1 atom stereocenters. The number of carbonyl (C=O) groups is 1. The Balaban J connectivity index is 1.54.